The molecule has 0 amide bonds. The first kappa shape index (κ1) is 29.4. The Balaban J connectivity index is 2.38. The molecule has 196 valence electrons. The van der Waals surface area contributed by atoms with Crippen molar-refractivity contribution in [3.8, 4) is 0 Å². The Kier molecular flexibility index (Phi) is 10.4. The quantitative estimate of drug-likeness (QED) is 0.408. The van der Waals surface area contributed by atoms with Crippen LogP contribution in [0.4, 0.5) is 0 Å². The molecule has 3 N–H and O–H groups in total. The van der Waals surface area contributed by atoms with Gasteiger partial charge >= 0.3 is 5.97 Å². The lowest BCUT2D eigenvalue weighted by molar-refractivity contribution is -0.155. The van der Waals surface area contributed by atoms with Crippen molar-refractivity contribution in [2.75, 3.05) is 0 Å². The number of nitrogens with zero attached hydrogens (tertiary/aromatic N) is 1. The Labute approximate surface area is 212 Å². The molecule has 2 unspecified atom stereocenters. The zero-order chi connectivity index (χ0) is 26.5. The Hall–Kier alpha value is -1.87. The first-order valence-corrected chi connectivity index (χ1v) is 13.2. The highest BCUT2D eigenvalue weighted by Crippen LogP contribution is 2.32. The average molecular weight is 508 g/mol. The van der Waals surface area contributed by atoms with Gasteiger partial charge in [0.05, 0.1) is 40.8 Å². The third kappa shape index (κ3) is 7.81. The van der Waals surface area contributed by atoms with Crippen LogP contribution in [-0.4, -0.2) is 56.5 Å². The molecule has 0 spiro atoms. The Morgan fingerprint density at radius 3 is 2.46 bits per heavy atom. The van der Waals surface area contributed by atoms with Crippen LogP contribution in [0.3, 0.4) is 0 Å². The van der Waals surface area contributed by atoms with Gasteiger partial charge in [-0.2, -0.15) is 0 Å². The van der Waals surface area contributed by atoms with Crippen LogP contribution in [0.1, 0.15) is 71.5 Å². The van der Waals surface area contributed by atoms with Gasteiger partial charge in [0.25, 0.3) is 0 Å². The number of ketones is 1. The smallest absolute Gasteiger partial charge is 0.309 e. The maximum Gasteiger partial charge on any atom is 0.309 e. The predicted molar refractivity (Wildman–Crippen MR) is 138 cm³/mol. The Morgan fingerprint density at radius 2 is 1.86 bits per heavy atom. The fourth-order valence-electron chi connectivity index (χ4n) is 4.33. The second-order valence-electron chi connectivity index (χ2n) is 10.5. The van der Waals surface area contributed by atoms with E-state index in [-0.39, 0.29) is 30.5 Å². The molecule has 35 heavy (non-hydrogen) atoms. The number of aryl methyl sites for hydroxylation is 1. The number of aromatic nitrogens is 1. The van der Waals surface area contributed by atoms with Gasteiger partial charge in [-0.05, 0) is 37.8 Å². The third-order valence-electron chi connectivity index (χ3n) is 7.14. The highest BCUT2D eigenvalue weighted by Gasteiger charge is 2.42. The third-order valence-corrected chi connectivity index (χ3v) is 7.93. The van der Waals surface area contributed by atoms with E-state index >= 15 is 0 Å². The lowest BCUT2D eigenvalue weighted by Crippen LogP contribution is -2.45. The summed E-state index contributed by atoms with van der Waals surface area (Å²) in [6.07, 6.45) is 2.31. The minimum absolute atomic E-state index is 0.177. The predicted octanol–water partition coefficient (Wildman–Crippen LogP) is 4.09. The number of hydrogen-bond donors (Lipinski definition) is 3. The van der Waals surface area contributed by atoms with E-state index in [1.807, 2.05) is 51.3 Å². The fourth-order valence-corrected chi connectivity index (χ4v) is 4.90. The van der Waals surface area contributed by atoms with Crippen LogP contribution in [0, 0.1) is 30.1 Å². The number of aliphatic hydroxyl groups is 3. The van der Waals surface area contributed by atoms with Gasteiger partial charge in [-0.3, -0.25) is 9.59 Å². The molecule has 0 radical (unpaired) electrons. The van der Waals surface area contributed by atoms with E-state index in [4.69, 9.17) is 4.74 Å². The monoisotopic (exact) mass is 507 g/mol. The molecule has 7 atom stereocenters. The molecule has 0 aromatic carbocycles. The lowest BCUT2D eigenvalue weighted by atomic mass is 9.73. The van der Waals surface area contributed by atoms with Gasteiger partial charge in [-0.25, -0.2) is 4.98 Å². The van der Waals surface area contributed by atoms with E-state index in [1.54, 1.807) is 20.8 Å². The summed E-state index contributed by atoms with van der Waals surface area (Å²) in [7, 11) is 0. The molecule has 2 heterocycles. The SMILES string of the molecule is CC(=Cc1csc(C)n1)[C@@H]1CC(O)C(C)C=CC[C@H](C)[C@H](O)[C@@H](C)C(=O)C(C)(C)[C@@H](O)CC(=O)O1. The van der Waals surface area contributed by atoms with Crippen molar-refractivity contribution in [2.24, 2.45) is 23.2 Å². The van der Waals surface area contributed by atoms with Crippen LogP contribution in [0.25, 0.3) is 6.08 Å². The summed E-state index contributed by atoms with van der Waals surface area (Å²) < 4.78 is 5.74. The number of cyclic esters (lactones) is 1. The molecule has 1 aliphatic rings. The zero-order valence-electron chi connectivity index (χ0n) is 21.9. The summed E-state index contributed by atoms with van der Waals surface area (Å²) in [6.45, 7) is 12.3. The lowest BCUT2D eigenvalue weighted by Gasteiger charge is -2.34. The first-order valence-electron chi connectivity index (χ1n) is 12.3. The molecule has 7 nitrogen and oxygen atoms in total. The molecule has 2 rings (SSSR count). The van der Waals surface area contributed by atoms with Crippen molar-refractivity contribution < 1.29 is 29.6 Å². The van der Waals surface area contributed by atoms with E-state index in [1.165, 1.54) is 11.3 Å². The van der Waals surface area contributed by atoms with Gasteiger partial charge in [-0.1, -0.05) is 46.8 Å². The van der Waals surface area contributed by atoms with Gasteiger partial charge < -0.3 is 20.1 Å². The average Bonchev–Trinajstić information content (AvgIpc) is 3.20. The second kappa shape index (κ2) is 12.4. The van der Waals surface area contributed by atoms with Crippen molar-refractivity contribution in [1.29, 1.82) is 0 Å². The van der Waals surface area contributed by atoms with Gasteiger partial charge in [0.1, 0.15) is 11.9 Å². The summed E-state index contributed by atoms with van der Waals surface area (Å²) >= 11 is 1.52. The molecular formula is C27H41NO6S. The van der Waals surface area contributed by atoms with Crippen LogP contribution in [-0.2, 0) is 14.3 Å². The van der Waals surface area contributed by atoms with Crippen molar-refractivity contribution >= 4 is 29.2 Å². The van der Waals surface area contributed by atoms with E-state index in [2.05, 4.69) is 4.98 Å². The van der Waals surface area contributed by atoms with Crippen molar-refractivity contribution in [3.63, 3.8) is 0 Å². The summed E-state index contributed by atoms with van der Waals surface area (Å²) in [5, 5.41) is 35.3. The number of thiazole rings is 1. The zero-order valence-corrected chi connectivity index (χ0v) is 22.7. The molecular weight excluding hydrogens is 466 g/mol. The molecule has 0 saturated carbocycles. The van der Waals surface area contributed by atoms with Gasteiger partial charge in [0.15, 0.2) is 0 Å². The number of ether oxygens (including phenoxy) is 1. The molecule has 1 aromatic rings. The first-order chi connectivity index (χ1) is 16.2. The van der Waals surface area contributed by atoms with Gasteiger partial charge in [0.2, 0.25) is 0 Å². The highest BCUT2D eigenvalue weighted by molar-refractivity contribution is 7.09. The number of rotatable bonds is 2. The maximum absolute atomic E-state index is 13.2. The highest BCUT2D eigenvalue weighted by atomic mass is 32.1. The minimum atomic E-state index is -1.28. The van der Waals surface area contributed by atoms with Crippen LogP contribution in [0.15, 0.2) is 23.1 Å². The van der Waals surface area contributed by atoms with Crippen molar-refractivity contribution in [3.05, 3.63) is 33.8 Å². The standard InChI is InChI=1S/C27H41NO6S/c1-15-9-8-10-16(2)25(32)18(4)26(33)27(6,7)23(30)13-24(31)34-22(12-21(15)29)17(3)11-20-14-35-19(5)28-20/h8-9,11,14-16,18,21-23,25,29-30,32H,10,12-13H2,1-7H3/t15?,16-,18+,21?,22-,23-,25-/m0/s1. The number of aliphatic hydroxyl groups excluding tert-OH is 3. The molecule has 1 aromatic heterocycles. The number of carbonyl (C=O) groups is 2. The summed E-state index contributed by atoms with van der Waals surface area (Å²) in [4.78, 5) is 30.5. The molecule has 8 heteroatoms. The van der Waals surface area contributed by atoms with Crippen molar-refractivity contribution in [2.45, 2.75) is 92.1 Å². The van der Waals surface area contributed by atoms with Gasteiger partial charge in [-0.15, -0.1) is 11.3 Å². The molecule has 0 aliphatic carbocycles. The second-order valence-corrected chi connectivity index (χ2v) is 11.6. The normalized spacial score (nSPS) is 34.0. The molecule has 0 saturated heterocycles. The molecule has 0 bridgehead atoms. The molecule has 1 aliphatic heterocycles. The van der Waals surface area contributed by atoms with E-state index in [0.29, 0.717) is 6.42 Å². The van der Waals surface area contributed by atoms with E-state index < -0.39 is 41.7 Å². The Bertz CT molecular complexity index is 936. The number of Topliss-reactive ketones (excluding diaryl/α,β-unsaturated/α-hetero) is 1. The number of hydrogen-bond acceptors (Lipinski definition) is 8. The summed E-state index contributed by atoms with van der Waals surface area (Å²) in [5.41, 5.74) is 0.234. The number of allylic oxidation sites excluding steroid dienone is 1. The fraction of sp³-hybridized carbons (Fsp3) is 0.667. The van der Waals surface area contributed by atoms with Crippen LogP contribution >= 0.6 is 11.3 Å². The largest absolute Gasteiger partial charge is 0.458 e. The topological polar surface area (TPSA) is 117 Å². The minimum Gasteiger partial charge on any atom is -0.458 e. The van der Waals surface area contributed by atoms with E-state index in [9.17, 15) is 24.9 Å². The molecule has 0 fully saturated rings. The summed E-state index contributed by atoms with van der Waals surface area (Å²) in [5.74, 6) is -2.08. The maximum atomic E-state index is 13.2. The number of esters is 1. The van der Waals surface area contributed by atoms with Crippen LogP contribution in [0.5, 0.6) is 0 Å². The Morgan fingerprint density at radius 1 is 1.20 bits per heavy atom. The van der Waals surface area contributed by atoms with Crippen molar-refractivity contribution in [1.82, 2.24) is 4.98 Å². The van der Waals surface area contributed by atoms with Crippen LogP contribution < -0.4 is 0 Å². The number of carbonyl (C=O) groups excluding carboxylic acids is 2. The van der Waals surface area contributed by atoms with E-state index in [0.717, 1.165) is 16.3 Å². The van der Waals surface area contributed by atoms with Crippen LogP contribution in [0.2, 0.25) is 0 Å². The van der Waals surface area contributed by atoms with Gasteiger partial charge in [0, 0.05) is 23.6 Å². The summed E-state index contributed by atoms with van der Waals surface area (Å²) in [6, 6.07) is 0.